The zero-order chi connectivity index (χ0) is 25.7. The fourth-order valence-corrected chi connectivity index (χ4v) is 5.04. The molecule has 1 saturated heterocycles. The van der Waals surface area contributed by atoms with Gasteiger partial charge in [0.2, 0.25) is 6.29 Å². The van der Waals surface area contributed by atoms with Crippen molar-refractivity contribution in [3.8, 4) is 16.9 Å². The van der Waals surface area contributed by atoms with Gasteiger partial charge in [-0.3, -0.25) is 9.59 Å². The lowest BCUT2D eigenvalue weighted by Gasteiger charge is -2.27. The highest BCUT2D eigenvalue weighted by Gasteiger charge is 2.37. The van der Waals surface area contributed by atoms with E-state index in [0.717, 1.165) is 11.1 Å². The molecule has 2 atom stereocenters. The average molecular weight is 511 g/mol. The van der Waals surface area contributed by atoms with Gasteiger partial charge in [-0.1, -0.05) is 24.3 Å². The van der Waals surface area contributed by atoms with E-state index in [2.05, 4.69) is 0 Å². The molecule has 36 heavy (non-hydrogen) atoms. The lowest BCUT2D eigenvalue weighted by molar-refractivity contribution is 0.0593. The Morgan fingerprint density at radius 1 is 1.08 bits per heavy atom. The van der Waals surface area contributed by atoms with Crippen molar-refractivity contribution in [1.82, 2.24) is 4.90 Å². The largest absolute Gasteiger partial charge is 0.489 e. The smallest absolute Gasteiger partial charge is 0.254 e. The molecule has 0 aromatic heterocycles. The second kappa shape index (κ2) is 11.7. The molecule has 3 aromatic carbocycles. The van der Waals surface area contributed by atoms with Crippen LogP contribution in [0.2, 0.25) is 0 Å². The topological polar surface area (TPSA) is 55.8 Å². The first kappa shape index (κ1) is 25.9. The first-order valence-corrected chi connectivity index (χ1v) is 12.7. The molecule has 3 aromatic rings. The maximum Gasteiger partial charge on any atom is 0.254 e. The molecule has 187 valence electrons. The SMILES string of the molecule is COC[C@H]1CC[C@@H]([C]=O)N1C(=O)c1cccc(COc2ccc(-c3cc(F)c(F)cc3SC)cc2)c1. The van der Waals surface area contributed by atoms with Crippen LogP contribution in [0.1, 0.15) is 28.8 Å². The number of hydrogen-bond donors (Lipinski definition) is 0. The predicted octanol–water partition coefficient (Wildman–Crippen LogP) is 5.66. The lowest BCUT2D eigenvalue weighted by atomic mass is 10.1. The van der Waals surface area contributed by atoms with E-state index in [4.69, 9.17) is 9.47 Å². The molecule has 1 amide bonds. The zero-order valence-electron chi connectivity index (χ0n) is 20.0. The predicted molar refractivity (Wildman–Crippen MR) is 135 cm³/mol. The van der Waals surface area contributed by atoms with Gasteiger partial charge in [-0.2, -0.15) is 0 Å². The summed E-state index contributed by atoms with van der Waals surface area (Å²) < 4.78 is 38.5. The number of methoxy groups -OCH3 is 1. The van der Waals surface area contributed by atoms with Crippen molar-refractivity contribution in [1.29, 1.82) is 0 Å². The molecule has 0 aliphatic carbocycles. The van der Waals surface area contributed by atoms with Gasteiger partial charge in [0.05, 0.1) is 18.7 Å². The number of rotatable bonds is 9. The van der Waals surface area contributed by atoms with Crippen LogP contribution < -0.4 is 4.74 Å². The highest BCUT2D eigenvalue weighted by Crippen LogP contribution is 2.33. The molecule has 0 N–H and O–H groups in total. The summed E-state index contributed by atoms with van der Waals surface area (Å²) in [4.78, 5) is 26.8. The fourth-order valence-electron chi connectivity index (χ4n) is 4.43. The number of carbonyl (C=O) groups is 1. The Kier molecular flexibility index (Phi) is 8.38. The molecule has 0 bridgehead atoms. The summed E-state index contributed by atoms with van der Waals surface area (Å²) in [5.74, 6) is -1.40. The molecular weight excluding hydrogens is 484 g/mol. The van der Waals surface area contributed by atoms with Crippen LogP contribution in [-0.2, 0) is 16.1 Å². The standard InChI is InChI=1S/C28H26F2NO4S/c1-34-17-22-9-8-21(15-32)31(22)28(33)20-5-3-4-18(12-20)16-35-23-10-6-19(7-11-23)24-13-25(29)26(30)14-27(24)36-2/h3-7,10-14,21-22H,8-9,16-17H2,1-2H3/t21-,22+/m0/s1. The molecule has 1 fully saturated rings. The van der Waals surface area contributed by atoms with Crippen LogP contribution in [0, 0.1) is 11.6 Å². The van der Waals surface area contributed by atoms with Gasteiger partial charge in [0.15, 0.2) is 11.6 Å². The molecule has 0 saturated carbocycles. The van der Waals surface area contributed by atoms with Crippen molar-refractivity contribution in [3.63, 3.8) is 0 Å². The van der Waals surface area contributed by atoms with Crippen LogP contribution >= 0.6 is 11.8 Å². The van der Waals surface area contributed by atoms with Crippen LogP contribution in [0.5, 0.6) is 5.75 Å². The van der Waals surface area contributed by atoms with E-state index in [0.29, 0.717) is 41.2 Å². The molecule has 1 heterocycles. The quantitative estimate of drug-likeness (QED) is 0.348. The van der Waals surface area contributed by atoms with E-state index in [1.54, 1.807) is 54.5 Å². The van der Waals surface area contributed by atoms with E-state index >= 15 is 0 Å². The zero-order valence-corrected chi connectivity index (χ0v) is 20.8. The Balaban J connectivity index is 1.45. The minimum Gasteiger partial charge on any atom is -0.489 e. The minimum absolute atomic E-state index is 0.159. The highest BCUT2D eigenvalue weighted by atomic mass is 32.2. The molecule has 8 heteroatoms. The van der Waals surface area contributed by atoms with Gasteiger partial charge in [0, 0.05) is 17.6 Å². The van der Waals surface area contributed by atoms with Gasteiger partial charge < -0.3 is 14.4 Å². The second-order valence-corrected chi connectivity index (χ2v) is 9.36. The molecule has 0 unspecified atom stereocenters. The van der Waals surface area contributed by atoms with Crippen LogP contribution in [-0.4, -0.2) is 49.1 Å². The molecule has 5 nitrogen and oxygen atoms in total. The number of likely N-dealkylation sites (tertiary alicyclic amines) is 1. The van der Waals surface area contributed by atoms with Gasteiger partial charge >= 0.3 is 0 Å². The van der Waals surface area contributed by atoms with Crippen LogP contribution in [0.3, 0.4) is 0 Å². The number of benzene rings is 3. The maximum atomic E-state index is 13.8. The Labute approximate surface area is 213 Å². The number of hydrogen-bond acceptors (Lipinski definition) is 5. The number of amides is 1. The Bertz CT molecular complexity index is 1230. The van der Waals surface area contributed by atoms with Crippen molar-refractivity contribution in [2.45, 2.75) is 36.4 Å². The normalized spacial score (nSPS) is 17.3. The number of ether oxygens (including phenoxy) is 2. The van der Waals surface area contributed by atoms with Crippen LogP contribution in [0.4, 0.5) is 8.78 Å². The molecule has 0 spiro atoms. The maximum absolute atomic E-state index is 13.8. The van der Waals surface area contributed by atoms with Gasteiger partial charge in [0.1, 0.15) is 12.4 Å². The summed E-state index contributed by atoms with van der Waals surface area (Å²) in [6, 6.07) is 15.9. The van der Waals surface area contributed by atoms with E-state index in [9.17, 15) is 18.4 Å². The van der Waals surface area contributed by atoms with Gasteiger partial charge in [-0.25, -0.2) is 8.78 Å². The number of nitrogens with zero attached hydrogens (tertiary/aromatic N) is 1. The van der Waals surface area contributed by atoms with Crippen LogP contribution in [0.25, 0.3) is 11.1 Å². The molecule has 4 rings (SSSR count). The Hall–Kier alpha value is -3.23. The Morgan fingerprint density at radius 2 is 1.83 bits per heavy atom. The molecular formula is C28H26F2NO4S. The first-order valence-electron chi connectivity index (χ1n) is 11.5. The van der Waals surface area contributed by atoms with E-state index in [-0.39, 0.29) is 18.6 Å². The first-order chi connectivity index (χ1) is 17.4. The summed E-state index contributed by atoms with van der Waals surface area (Å²) in [7, 11) is 1.57. The Morgan fingerprint density at radius 3 is 2.53 bits per heavy atom. The summed E-state index contributed by atoms with van der Waals surface area (Å²) in [6.45, 7) is 0.595. The van der Waals surface area contributed by atoms with Gasteiger partial charge in [-0.15, -0.1) is 11.8 Å². The lowest BCUT2D eigenvalue weighted by Crippen LogP contribution is -2.43. The van der Waals surface area contributed by atoms with E-state index in [1.807, 2.05) is 18.6 Å². The van der Waals surface area contributed by atoms with E-state index in [1.165, 1.54) is 23.9 Å². The number of carbonyl (C=O) groups excluding carboxylic acids is 2. The fraction of sp³-hybridized carbons (Fsp3) is 0.286. The number of thioether (sulfide) groups is 1. The summed E-state index contributed by atoms with van der Waals surface area (Å²) >= 11 is 1.34. The molecule has 1 aliphatic rings. The van der Waals surface area contributed by atoms with Crippen LogP contribution in [0.15, 0.2) is 65.6 Å². The van der Waals surface area contributed by atoms with Crippen molar-refractivity contribution in [2.24, 2.45) is 0 Å². The summed E-state index contributed by atoms with van der Waals surface area (Å²) in [6.07, 6.45) is 5.06. The summed E-state index contributed by atoms with van der Waals surface area (Å²) in [5.41, 5.74) is 2.62. The van der Waals surface area contributed by atoms with Gasteiger partial charge in [0.25, 0.3) is 5.91 Å². The molecule has 1 aliphatic heterocycles. The third kappa shape index (κ3) is 5.60. The summed E-state index contributed by atoms with van der Waals surface area (Å²) in [5, 5.41) is 0. The second-order valence-electron chi connectivity index (χ2n) is 8.51. The average Bonchev–Trinajstić information content (AvgIpc) is 3.31. The van der Waals surface area contributed by atoms with Crippen molar-refractivity contribution in [2.75, 3.05) is 20.0 Å². The van der Waals surface area contributed by atoms with Crippen molar-refractivity contribution >= 4 is 24.0 Å². The minimum atomic E-state index is -0.891. The van der Waals surface area contributed by atoms with E-state index < -0.39 is 17.7 Å². The molecule has 1 radical (unpaired) electrons. The van der Waals surface area contributed by atoms with Crippen molar-refractivity contribution < 1.29 is 27.8 Å². The third-order valence-electron chi connectivity index (χ3n) is 6.22. The third-order valence-corrected chi connectivity index (χ3v) is 7.00. The monoisotopic (exact) mass is 510 g/mol. The van der Waals surface area contributed by atoms with Crippen molar-refractivity contribution in [3.05, 3.63) is 83.4 Å². The highest BCUT2D eigenvalue weighted by molar-refractivity contribution is 7.98. The number of halogens is 2. The van der Waals surface area contributed by atoms with Gasteiger partial charge in [-0.05, 0) is 72.2 Å².